The number of nitrogens with one attached hydrogen (secondary N) is 1. The Bertz CT molecular complexity index is 504. The summed E-state index contributed by atoms with van der Waals surface area (Å²) in [5.41, 5.74) is 1.20. The zero-order valence-electron chi connectivity index (χ0n) is 13.1. The third kappa shape index (κ3) is 3.53. The Morgan fingerprint density at radius 3 is 2.95 bits per heavy atom. The maximum Gasteiger partial charge on any atom is 0.322 e. The minimum Gasteiger partial charge on any atom is -0.394 e. The molecule has 0 spiro atoms. The number of aromatic nitrogens is 1. The van der Waals surface area contributed by atoms with Gasteiger partial charge in [-0.15, -0.1) is 0 Å². The molecule has 1 aromatic rings. The van der Waals surface area contributed by atoms with Crippen LogP contribution in [0.1, 0.15) is 38.8 Å². The number of likely N-dealkylation sites (tertiary alicyclic amines) is 1. The number of nitrogens with zero attached hydrogens (tertiary/aromatic N) is 2. The number of urea groups is 1. The molecule has 5 heteroatoms. The van der Waals surface area contributed by atoms with Crippen molar-refractivity contribution in [2.45, 2.75) is 45.6 Å². The molecule has 1 aliphatic rings. The Kier molecular flexibility index (Phi) is 4.83. The van der Waals surface area contributed by atoms with Crippen LogP contribution in [0.4, 0.5) is 10.5 Å². The summed E-state index contributed by atoms with van der Waals surface area (Å²) in [7, 11) is 0. The van der Waals surface area contributed by atoms with Gasteiger partial charge in [0.25, 0.3) is 0 Å². The first-order valence-corrected chi connectivity index (χ1v) is 7.59. The van der Waals surface area contributed by atoms with Crippen molar-refractivity contribution >= 4 is 11.7 Å². The number of rotatable bonds is 4. The smallest absolute Gasteiger partial charge is 0.322 e. The SMILES string of the molecule is Cc1cc(NC(=O)N2CCCC2(CO)CC(C)C)ccn1. The second-order valence-corrected chi connectivity index (χ2v) is 6.35. The van der Waals surface area contributed by atoms with Gasteiger partial charge in [0.1, 0.15) is 0 Å². The highest BCUT2D eigenvalue weighted by molar-refractivity contribution is 5.90. The van der Waals surface area contributed by atoms with Crippen LogP contribution in [0.2, 0.25) is 0 Å². The highest BCUT2D eigenvalue weighted by atomic mass is 16.3. The minimum absolute atomic E-state index is 0.0218. The van der Waals surface area contributed by atoms with E-state index in [1.165, 1.54) is 0 Å². The fraction of sp³-hybridized carbons (Fsp3) is 0.625. The number of hydrogen-bond donors (Lipinski definition) is 2. The summed E-state index contributed by atoms with van der Waals surface area (Å²) in [6.07, 6.45) is 4.31. The van der Waals surface area contributed by atoms with E-state index < -0.39 is 5.54 Å². The zero-order chi connectivity index (χ0) is 15.5. The van der Waals surface area contributed by atoms with Gasteiger partial charge in [-0.1, -0.05) is 13.8 Å². The van der Waals surface area contributed by atoms with Crippen molar-refractivity contribution in [1.82, 2.24) is 9.88 Å². The van der Waals surface area contributed by atoms with Crippen molar-refractivity contribution in [2.75, 3.05) is 18.5 Å². The lowest BCUT2D eigenvalue weighted by Crippen LogP contribution is -2.52. The largest absolute Gasteiger partial charge is 0.394 e. The van der Waals surface area contributed by atoms with Crippen LogP contribution in [-0.4, -0.2) is 39.7 Å². The van der Waals surface area contributed by atoms with Gasteiger partial charge in [-0.25, -0.2) is 4.79 Å². The summed E-state index contributed by atoms with van der Waals surface area (Å²) in [5.74, 6) is 0.439. The number of amides is 2. The predicted octanol–water partition coefficient (Wildman–Crippen LogP) is 2.79. The number of hydrogen-bond acceptors (Lipinski definition) is 3. The van der Waals surface area contributed by atoms with E-state index in [0.29, 0.717) is 12.5 Å². The second kappa shape index (κ2) is 6.43. The summed E-state index contributed by atoms with van der Waals surface area (Å²) in [4.78, 5) is 18.5. The molecule has 2 N–H and O–H groups in total. The Morgan fingerprint density at radius 2 is 2.33 bits per heavy atom. The van der Waals surface area contributed by atoms with Gasteiger partial charge in [0.05, 0.1) is 12.1 Å². The van der Waals surface area contributed by atoms with E-state index in [1.54, 1.807) is 12.3 Å². The summed E-state index contributed by atoms with van der Waals surface area (Å²) in [5, 5.41) is 12.8. The fourth-order valence-electron chi connectivity index (χ4n) is 3.27. The topological polar surface area (TPSA) is 65.5 Å². The van der Waals surface area contributed by atoms with Crippen LogP contribution in [0.25, 0.3) is 0 Å². The number of aliphatic hydroxyl groups excluding tert-OH is 1. The van der Waals surface area contributed by atoms with E-state index >= 15 is 0 Å². The van der Waals surface area contributed by atoms with E-state index in [1.807, 2.05) is 17.9 Å². The first-order valence-electron chi connectivity index (χ1n) is 7.59. The Morgan fingerprint density at radius 1 is 1.57 bits per heavy atom. The third-order valence-electron chi connectivity index (χ3n) is 4.07. The van der Waals surface area contributed by atoms with Gasteiger partial charge in [0, 0.05) is 24.1 Å². The van der Waals surface area contributed by atoms with Crippen LogP contribution in [0.5, 0.6) is 0 Å². The van der Waals surface area contributed by atoms with E-state index in [4.69, 9.17) is 0 Å². The van der Waals surface area contributed by atoms with Crippen LogP contribution in [0, 0.1) is 12.8 Å². The molecule has 1 saturated heterocycles. The molecule has 0 aliphatic carbocycles. The molecule has 0 bridgehead atoms. The van der Waals surface area contributed by atoms with Crippen LogP contribution < -0.4 is 5.32 Å². The predicted molar refractivity (Wildman–Crippen MR) is 83.2 cm³/mol. The van der Waals surface area contributed by atoms with Gasteiger partial charge < -0.3 is 15.3 Å². The van der Waals surface area contributed by atoms with Crippen molar-refractivity contribution < 1.29 is 9.90 Å². The minimum atomic E-state index is -0.416. The number of carbonyl (C=O) groups is 1. The van der Waals surface area contributed by atoms with Gasteiger partial charge in [0.2, 0.25) is 0 Å². The molecule has 2 amide bonds. The number of aliphatic hydroxyl groups is 1. The molecule has 1 fully saturated rings. The molecule has 2 heterocycles. The number of anilines is 1. The standard InChI is InChI=1S/C16H25N3O2/c1-12(2)10-16(11-20)6-4-8-19(16)15(21)18-14-5-7-17-13(3)9-14/h5,7,9,12,20H,4,6,8,10-11H2,1-3H3,(H,17,18,21). The molecule has 1 aromatic heterocycles. The Labute approximate surface area is 126 Å². The van der Waals surface area contributed by atoms with Crippen molar-refractivity contribution in [3.63, 3.8) is 0 Å². The Hall–Kier alpha value is -1.62. The quantitative estimate of drug-likeness (QED) is 0.896. The van der Waals surface area contributed by atoms with Gasteiger partial charge in [0.15, 0.2) is 0 Å². The van der Waals surface area contributed by atoms with Crippen LogP contribution >= 0.6 is 0 Å². The fourth-order valence-corrected chi connectivity index (χ4v) is 3.27. The molecule has 21 heavy (non-hydrogen) atoms. The van der Waals surface area contributed by atoms with Gasteiger partial charge in [-0.05, 0) is 44.2 Å². The molecule has 2 rings (SSSR count). The second-order valence-electron chi connectivity index (χ2n) is 6.35. The highest BCUT2D eigenvalue weighted by Crippen LogP contribution is 2.35. The molecule has 0 radical (unpaired) electrons. The maximum absolute atomic E-state index is 12.6. The first kappa shape index (κ1) is 15.8. The summed E-state index contributed by atoms with van der Waals surface area (Å²) >= 11 is 0. The van der Waals surface area contributed by atoms with Crippen LogP contribution in [0.15, 0.2) is 18.3 Å². The van der Waals surface area contributed by atoms with Crippen molar-refractivity contribution in [3.8, 4) is 0 Å². The number of pyridine rings is 1. The first-order chi connectivity index (χ1) is 9.97. The molecule has 116 valence electrons. The lowest BCUT2D eigenvalue weighted by molar-refractivity contribution is 0.0728. The molecule has 1 unspecified atom stereocenters. The number of carbonyl (C=O) groups excluding carboxylic acids is 1. The van der Waals surface area contributed by atoms with E-state index in [2.05, 4.69) is 24.1 Å². The van der Waals surface area contributed by atoms with Gasteiger partial charge >= 0.3 is 6.03 Å². The Balaban J connectivity index is 2.13. The molecular formula is C16H25N3O2. The van der Waals surface area contributed by atoms with Gasteiger partial charge in [-0.2, -0.15) is 0 Å². The normalized spacial score (nSPS) is 21.9. The van der Waals surface area contributed by atoms with Crippen LogP contribution in [-0.2, 0) is 0 Å². The van der Waals surface area contributed by atoms with Crippen LogP contribution in [0.3, 0.4) is 0 Å². The number of aryl methyl sites for hydroxylation is 1. The van der Waals surface area contributed by atoms with Crippen molar-refractivity contribution in [3.05, 3.63) is 24.0 Å². The average Bonchev–Trinajstić information content (AvgIpc) is 2.82. The van der Waals surface area contributed by atoms with E-state index in [0.717, 1.165) is 30.6 Å². The lowest BCUT2D eigenvalue weighted by Gasteiger charge is -2.38. The van der Waals surface area contributed by atoms with Crippen molar-refractivity contribution in [2.24, 2.45) is 5.92 Å². The van der Waals surface area contributed by atoms with Gasteiger partial charge in [-0.3, -0.25) is 4.98 Å². The summed E-state index contributed by atoms with van der Waals surface area (Å²) < 4.78 is 0. The average molecular weight is 291 g/mol. The van der Waals surface area contributed by atoms with E-state index in [9.17, 15) is 9.90 Å². The summed E-state index contributed by atoms with van der Waals surface area (Å²) in [6, 6.07) is 3.49. The monoisotopic (exact) mass is 291 g/mol. The molecule has 5 nitrogen and oxygen atoms in total. The molecule has 0 aromatic carbocycles. The summed E-state index contributed by atoms with van der Waals surface area (Å²) in [6.45, 7) is 6.86. The van der Waals surface area contributed by atoms with Crippen molar-refractivity contribution in [1.29, 1.82) is 0 Å². The molecule has 1 atom stereocenters. The lowest BCUT2D eigenvalue weighted by atomic mass is 9.87. The maximum atomic E-state index is 12.6. The third-order valence-corrected chi connectivity index (χ3v) is 4.07. The zero-order valence-corrected chi connectivity index (χ0v) is 13.1. The van der Waals surface area contributed by atoms with E-state index in [-0.39, 0.29) is 12.6 Å². The molecular weight excluding hydrogens is 266 g/mol. The highest BCUT2D eigenvalue weighted by Gasteiger charge is 2.43. The molecule has 1 aliphatic heterocycles. The molecule has 0 saturated carbocycles.